The minimum atomic E-state index is -1.04. The van der Waals surface area contributed by atoms with Crippen molar-refractivity contribution >= 4 is 12.2 Å². The number of hydrogen-bond donors (Lipinski definition) is 2. The number of hydrogen-bond acceptors (Lipinski definition) is 4. The Bertz CT molecular complexity index is 406. The molecule has 2 fully saturated rings. The van der Waals surface area contributed by atoms with Crippen molar-refractivity contribution in [2.45, 2.75) is 45.4 Å². The second-order valence-electron chi connectivity index (χ2n) is 6.44. The number of likely N-dealkylation sites (tertiary alicyclic amines) is 1. The third-order valence-corrected chi connectivity index (χ3v) is 4.04. The lowest BCUT2D eigenvalue weighted by atomic mass is 9.77. The van der Waals surface area contributed by atoms with Crippen LogP contribution in [0.1, 0.15) is 27.2 Å². The lowest BCUT2D eigenvalue weighted by molar-refractivity contribution is -0.0682. The fraction of sp³-hybridized carbons (Fsp3) is 0.846. The molecule has 3 unspecified atom stereocenters. The van der Waals surface area contributed by atoms with Crippen molar-refractivity contribution in [3.05, 3.63) is 0 Å². The highest BCUT2D eigenvalue weighted by atomic mass is 16.6. The summed E-state index contributed by atoms with van der Waals surface area (Å²) in [4.78, 5) is 25.8. The van der Waals surface area contributed by atoms with E-state index in [-0.39, 0.29) is 6.04 Å². The maximum absolute atomic E-state index is 11.7. The van der Waals surface area contributed by atoms with Gasteiger partial charge < -0.3 is 19.8 Å². The molecular formula is C13H22N2O5. The molecule has 114 valence electrons. The first-order valence-electron chi connectivity index (χ1n) is 6.84. The predicted molar refractivity (Wildman–Crippen MR) is 70.4 cm³/mol. The van der Waals surface area contributed by atoms with Crippen LogP contribution in [0, 0.1) is 5.41 Å². The molecule has 0 bridgehead atoms. The normalized spacial score (nSPS) is 31.4. The number of carbonyl (C=O) groups is 2. The van der Waals surface area contributed by atoms with Crippen LogP contribution in [0.4, 0.5) is 9.59 Å². The van der Waals surface area contributed by atoms with E-state index in [4.69, 9.17) is 4.74 Å². The number of ether oxygens (including phenoxy) is 1. The summed E-state index contributed by atoms with van der Waals surface area (Å²) < 4.78 is 4.91. The Morgan fingerprint density at radius 1 is 1.35 bits per heavy atom. The van der Waals surface area contributed by atoms with Crippen LogP contribution in [0.5, 0.6) is 0 Å². The molecule has 0 aliphatic carbocycles. The van der Waals surface area contributed by atoms with Gasteiger partial charge in [0.2, 0.25) is 0 Å². The topological polar surface area (TPSA) is 90.3 Å². The molecule has 7 nitrogen and oxygen atoms in total. The molecule has 2 saturated heterocycles. The Morgan fingerprint density at radius 2 is 2.00 bits per heavy atom. The van der Waals surface area contributed by atoms with Gasteiger partial charge in [-0.05, 0) is 11.8 Å². The molecule has 0 aromatic heterocycles. The van der Waals surface area contributed by atoms with Crippen molar-refractivity contribution in [3.63, 3.8) is 0 Å². The van der Waals surface area contributed by atoms with Gasteiger partial charge >= 0.3 is 12.2 Å². The van der Waals surface area contributed by atoms with Gasteiger partial charge in [0, 0.05) is 6.54 Å². The summed E-state index contributed by atoms with van der Waals surface area (Å²) in [5.74, 6) is 0. The predicted octanol–water partition coefficient (Wildman–Crippen LogP) is 0.967. The van der Waals surface area contributed by atoms with Crippen molar-refractivity contribution < 1.29 is 24.5 Å². The lowest BCUT2D eigenvalue weighted by Crippen LogP contribution is -2.64. The fourth-order valence-electron chi connectivity index (χ4n) is 3.22. The minimum absolute atomic E-state index is 0.308. The van der Waals surface area contributed by atoms with Crippen molar-refractivity contribution in [1.82, 2.24) is 9.80 Å². The molecule has 2 amide bonds. The number of amides is 2. The van der Waals surface area contributed by atoms with Gasteiger partial charge in [-0.1, -0.05) is 20.8 Å². The molecule has 0 aromatic carbocycles. The summed E-state index contributed by atoms with van der Waals surface area (Å²) in [5, 5.41) is 19.9. The smallest absolute Gasteiger partial charge is 0.410 e. The average Bonchev–Trinajstić information content (AvgIpc) is 2.73. The second-order valence-corrected chi connectivity index (χ2v) is 6.44. The maximum Gasteiger partial charge on any atom is 0.410 e. The van der Waals surface area contributed by atoms with E-state index in [1.807, 2.05) is 20.8 Å². The molecule has 0 spiro atoms. The molecule has 20 heavy (non-hydrogen) atoms. The van der Waals surface area contributed by atoms with Gasteiger partial charge in [-0.15, -0.1) is 0 Å². The highest BCUT2D eigenvalue weighted by molar-refractivity contribution is 5.70. The first kappa shape index (κ1) is 14.9. The molecule has 7 heteroatoms. The molecule has 2 N–H and O–H groups in total. The number of aliphatic hydroxyl groups is 1. The average molecular weight is 286 g/mol. The quantitative estimate of drug-likeness (QED) is 0.749. The first-order valence-corrected chi connectivity index (χ1v) is 6.84. The molecule has 2 aliphatic heterocycles. The molecule has 2 heterocycles. The molecular weight excluding hydrogens is 264 g/mol. The van der Waals surface area contributed by atoms with Gasteiger partial charge in [-0.3, -0.25) is 4.90 Å². The van der Waals surface area contributed by atoms with Crippen LogP contribution in [0.15, 0.2) is 0 Å². The van der Waals surface area contributed by atoms with E-state index < -0.39 is 29.7 Å². The van der Waals surface area contributed by atoms with E-state index in [9.17, 15) is 19.8 Å². The molecule has 3 atom stereocenters. The first-order chi connectivity index (χ1) is 9.23. The van der Waals surface area contributed by atoms with Crippen molar-refractivity contribution in [3.8, 4) is 0 Å². The van der Waals surface area contributed by atoms with E-state index in [1.165, 1.54) is 9.80 Å². The van der Waals surface area contributed by atoms with Crippen LogP contribution < -0.4 is 0 Å². The Labute approximate surface area is 118 Å². The molecule has 2 aliphatic rings. The van der Waals surface area contributed by atoms with Crippen LogP contribution in [-0.2, 0) is 4.74 Å². The van der Waals surface area contributed by atoms with Crippen LogP contribution in [-0.4, -0.2) is 70.1 Å². The summed E-state index contributed by atoms with van der Waals surface area (Å²) in [7, 11) is 0. The zero-order valence-corrected chi connectivity index (χ0v) is 12.1. The second kappa shape index (κ2) is 5.12. The van der Waals surface area contributed by atoms with Gasteiger partial charge in [-0.2, -0.15) is 0 Å². The highest BCUT2D eigenvalue weighted by Crippen LogP contribution is 2.34. The molecule has 0 saturated carbocycles. The summed E-state index contributed by atoms with van der Waals surface area (Å²) in [6.45, 7) is 6.75. The van der Waals surface area contributed by atoms with E-state index in [1.54, 1.807) is 0 Å². The third-order valence-electron chi connectivity index (χ3n) is 4.04. The molecule has 0 aromatic rings. The van der Waals surface area contributed by atoms with Crippen LogP contribution in [0.25, 0.3) is 0 Å². The minimum Gasteiger partial charge on any atom is -0.465 e. The van der Waals surface area contributed by atoms with E-state index >= 15 is 0 Å². The summed E-state index contributed by atoms with van der Waals surface area (Å²) >= 11 is 0. The van der Waals surface area contributed by atoms with Crippen LogP contribution >= 0.6 is 0 Å². The van der Waals surface area contributed by atoms with Gasteiger partial charge in [-0.25, -0.2) is 9.59 Å². The zero-order chi connectivity index (χ0) is 15.1. The monoisotopic (exact) mass is 286 g/mol. The lowest BCUT2D eigenvalue weighted by Gasteiger charge is -2.49. The van der Waals surface area contributed by atoms with E-state index in [0.717, 1.165) is 0 Å². The largest absolute Gasteiger partial charge is 0.465 e. The van der Waals surface area contributed by atoms with Crippen molar-refractivity contribution in [2.24, 2.45) is 5.41 Å². The van der Waals surface area contributed by atoms with Crippen molar-refractivity contribution in [2.75, 3.05) is 19.7 Å². The van der Waals surface area contributed by atoms with E-state index in [0.29, 0.717) is 26.1 Å². The Kier molecular flexibility index (Phi) is 3.82. The Balaban J connectivity index is 2.24. The van der Waals surface area contributed by atoms with Crippen LogP contribution in [0.3, 0.4) is 0 Å². The van der Waals surface area contributed by atoms with Crippen molar-refractivity contribution in [1.29, 1.82) is 0 Å². The fourth-order valence-corrected chi connectivity index (χ4v) is 3.22. The third kappa shape index (κ3) is 2.54. The van der Waals surface area contributed by atoms with Gasteiger partial charge in [0.15, 0.2) is 0 Å². The van der Waals surface area contributed by atoms with Gasteiger partial charge in [0.1, 0.15) is 6.61 Å². The Morgan fingerprint density at radius 3 is 2.45 bits per heavy atom. The summed E-state index contributed by atoms with van der Waals surface area (Å²) in [6, 6.07) is -0.933. The number of nitrogens with zero attached hydrogens (tertiary/aromatic N) is 2. The van der Waals surface area contributed by atoms with Crippen LogP contribution in [0.2, 0.25) is 0 Å². The standard InChI is InChI=1S/C13H22N2O5/c1-13(2,3)10-9(16)8(4-5-15(10)11(17)18)14-6-7-20-12(14)19/h8-10,16H,4-7H2,1-3H3,(H,17,18). The SMILES string of the molecule is CC(C)(C)C1C(O)C(N2CCOC2=O)CCN1C(=O)O. The number of carboxylic acid groups (broad SMARTS) is 1. The maximum atomic E-state index is 11.7. The summed E-state index contributed by atoms with van der Waals surface area (Å²) in [6.07, 6.45) is -1.95. The summed E-state index contributed by atoms with van der Waals surface area (Å²) in [5.41, 5.74) is -0.417. The number of piperidine rings is 1. The molecule has 2 rings (SSSR count). The van der Waals surface area contributed by atoms with E-state index in [2.05, 4.69) is 0 Å². The Hall–Kier alpha value is -1.50. The van der Waals surface area contributed by atoms with Gasteiger partial charge in [0.05, 0.1) is 24.7 Å². The highest BCUT2D eigenvalue weighted by Gasteiger charge is 2.48. The zero-order valence-electron chi connectivity index (χ0n) is 12.1. The molecule has 0 radical (unpaired) electrons. The number of carbonyl (C=O) groups excluding carboxylic acids is 1. The number of aliphatic hydroxyl groups excluding tert-OH is 1. The number of cyclic esters (lactones) is 1. The number of rotatable bonds is 1. The van der Waals surface area contributed by atoms with Gasteiger partial charge in [0.25, 0.3) is 0 Å².